The number of carbonyl (C=O) groups excluding carboxylic acids is 1. The van der Waals surface area contributed by atoms with E-state index >= 15 is 0 Å². The Morgan fingerprint density at radius 1 is 1.09 bits per heavy atom. The van der Waals surface area contributed by atoms with Crippen molar-refractivity contribution in [2.75, 3.05) is 7.05 Å². The summed E-state index contributed by atoms with van der Waals surface area (Å²) in [4.78, 5) is 12.4. The van der Waals surface area contributed by atoms with Crippen LogP contribution >= 0.6 is 0 Å². The predicted molar refractivity (Wildman–Crippen MR) is 89.1 cm³/mol. The summed E-state index contributed by atoms with van der Waals surface area (Å²) in [5.41, 5.74) is 3.44. The van der Waals surface area contributed by atoms with Gasteiger partial charge in [-0.1, -0.05) is 50.2 Å². The molecule has 1 amide bonds. The van der Waals surface area contributed by atoms with Gasteiger partial charge < -0.3 is 9.73 Å². The van der Waals surface area contributed by atoms with Crippen LogP contribution < -0.4 is 5.32 Å². The molecule has 3 rings (SSSR count). The number of hydrogen-bond donors (Lipinski definition) is 1. The van der Waals surface area contributed by atoms with Crippen LogP contribution in [0.25, 0.3) is 22.3 Å². The highest BCUT2D eigenvalue weighted by molar-refractivity contribution is 6.11. The van der Waals surface area contributed by atoms with Crippen LogP contribution in [0.2, 0.25) is 0 Å². The summed E-state index contributed by atoms with van der Waals surface area (Å²) in [5.74, 6) is 0.895. The first-order valence-electron chi connectivity index (χ1n) is 7.45. The average Bonchev–Trinajstić information content (AvgIpc) is 2.93. The van der Waals surface area contributed by atoms with Crippen molar-refractivity contribution in [1.82, 2.24) is 5.32 Å². The van der Waals surface area contributed by atoms with Crippen molar-refractivity contribution in [3.05, 3.63) is 59.7 Å². The molecular weight excluding hydrogens is 274 g/mol. The van der Waals surface area contributed by atoms with Crippen molar-refractivity contribution >= 4 is 16.9 Å². The van der Waals surface area contributed by atoms with E-state index in [4.69, 9.17) is 4.42 Å². The van der Waals surface area contributed by atoms with E-state index in [-0.39, 0.29) is 5.91 Å². The quantitative estimate of drug-likeness (QED) is 0.768. The number of hydrogen-bond acceptors (Lipinski definition) is 2. The first-order valence-corrected chi connectivity index (χ1v) is 7.45. The first kappa shape index (κ1) is 14.4. The van der Waals surface area contributed by atoms with Crippen molar-refractivity contribution < 1.29 is 9.21 Å². The Morgan fingerprint density at radius 3 is 2.45 bits per heavy atom. The molecule has 3 aromatic rings. The van der Waals surface area contributed by atoms with Gasteiger partial charge in [0, 0.05) is 18.0 Å². The molecule has 3 heteroatoms. The standard InChI is InChI=1S/C19H19NO2/c1-12(2)14-9-10-16-15(11-14)17(19(21)20-3)18(22-16)13-7-5-4-6-8-13/h4-12H,1-3H3,(H,20,21). The minimum atomic E-state index is -0.126. The number of nitrogens with one attached hydrogen (secondary N) is 1. The number of fused-ring (bicyclic) bond motifs is 1. The lowest BCUT2D eigenvalue weighted by molar-refractivity contribution is 0.0964. The van der Waals surface area contributed by atoms with Crippen LogP contribution in [-0.4, -0.2) is 13.0 Å². The van der Waals surface area contributed by atoms with Gasteiger partial charge in [0.1, 0.15) is 11.3 Å². The molecule has 3 nitrogen and oxygen atoms in total. The summed E-state index contributed by atoms with van der Waals surface area (Å²) in [6.07, 6.45) is 0. The Morgan fingerprint density at radius 2 is 1.82 bits per heavy atom. The zero-order chi connectivity index (χ0) is 15.7. The van der Waals surface area contributed by atoms with Crippen molar-refractivity contribution in [3.8, 4) is 11.3 Å². The van der Waals surface area contributed by atoms with E-state index in [1.54, 1.807) is 7.05 Å². The van der Waals surface area contributed by atoms with Crippen molar-refractivity contribution in [3.63, 3.8) is 0 Å². The zero-order valence-electron chi connectivity index (χ0n) is 13.0. The van der Waals surface area contributed by atoms with Crippen LogP contribution in [0.5, 0.6) is 0 Å². The van der Waals surface area contributed by atoms with Crippen LogP contribution in [0.3, 0.4) is 0 Å². The molecular formula is C19H19NO2. The molecule has 0 fully saturated rings. The van der Waals surface area contributed by atoms with E-state index in [1.807, 2.05) is 36.4 Å². The highest BCUT2D eigenvalue weighted by Crippen LogP contribution is 2.35. The number of carbonyl (C=O) groups is 1. The monoisotopic (exact) mass is 293 g/mol. The van der Waals surface area contributed by atoms with Crippen molar-refractivity contribution in [1.29, 1.82) is 0 Å². The molecule has 0 atom stereocenters. The molecule has 1 heterocycles. The van der Waals surface area contributed by atoms with E-state index < -0.39 is 0 Å². The van der Waals surface area contributed by atoms with E-state index in [9.17, 15) is 4.79 Å². The SMILES string of the molecule is CNC(=O)c1c(-c2ccccc2)oc2ccc(C(C)C)cc12. The van der Waals surface area contributed by atoms with E-state index in [1.165, 1.54) is 5.56 Å². The van der Waals surface area contributed by atoms with E-state index in [0.29, 0.717) is 17.2 Å². The molecule has 0 radical (unpaired) electrons. The third-order valence-electron chi connectivity index (χ3n) is 3.87. The highest BCUT2D eigenvalue weighted by atomic mass is 16.3. The average molecular weight is 293 g/mol. The van der Waals surface area contributed by atoms with Gasteiger partial charge in [0.25, 0.3) is 5.91 Å². The summed E-state index contributed by atoms with van der Waals surface area (Å²) in [5, 5.41) is 3.58. The Hall–Kier alpha value is -2.55. The zero-order valence-corrected chi connectivity index (χ0v) is 13.0. The molecule has 112 valence electrons. The van der Waals surface area contributed by atoms with Crippen LogP contribution in [0.4, 0.5) is 0 Å². The summed E-state index contributed by atoms with van der Waals surface area (Å²) >= 11 is 0. The number of amides is 1. The van der Waals surface area contributed by atoms with Gasteiger partial charge in [0.2, 0.25) is 0 Å². The van der Waals surface area contributed by atoms with Gasteiger partial charge in [-0.15, -0.1) is 0 Å². The topological polar surface area (TPSA) is 42.2 Å². The van der Waals surface area contributed by atoms with Crippen LogP contribution in [0.15, 0.2) is 52.9 Å². The first-order chi connectivity index (χ1) is 10.6. The third-order valence-corrected chi connectivity index (χ3v) is 3.87. The van der Waals surface area contributed by atoms with Gasteiger partial charge in [0.05, 0.1) is 5.56 Å². The highest BCUT2D eigenvalue weighted by Gasteiger charge is 2.21. The van der Waals surface area contributed by atoms with Gasteiger partial charge in [-0.05, 0) is 23.6 Å². The van der Waals surface area contributed by atoms with Crippen LogP contribution in [0, 0.1) is 0 Å². The largest absolute Gasteiger partial charge is 0.455 e. The van der Waals surface area contributed by atoms with Gasteiger partial charge >= 0.3 is 0 Å². The van der Waals surface area contributed by atoms with Crippen LogP contribution in [0.1, 0.15) is 35.7 Å². The third kappa shape index (κ3) is 2.39. The Bertz CT molecular complexity index is 816. The van der Waals surface area contributed by atoms with Gasteiger partial charge in [-0.2, -0.15) is 0 Å². The second-order valence-electron chi connectivity index (χ2n) is 5.66. The van der Waals surface area contributed by atoms with Crippen molar-refractivity contribution in [2.45, 2.75) is 19.8 Å². The van der Waals surface area contributed by atoms with E-state index in [0.717, 1.165) is 16.5 Å². The number of benzene rings is 2. The van der Waals surface area contributed by atoms with Crippen molar-refractivity contribution in [2.24, 2.45) is 0 Å². The molecule has 0 aliphatic heterocycles. The Labute approximate surface area is 130 Å². The fourth-order valence-corrected chi connectivity index (χ4v) is 2.62. The maximum atomic E-state index is 12.4. The lowest BCUT2D eigenvalue weighted by Crippen LogP contribution is -2.18. The normalized spacial score (nSPS) is 11.1. The fraction of sp³-hybridized carbons (Fsp3) is 0.211. The predicted octanol–water partition coefficient (Wildman–Crippen LogP) is 4.58. The fourth-order valence-electron chi connectivity index (χ4n) is 2.62. The maximum absolute atomic E-state index is 12.4. The molecule has 0 aliphatic carbocycles. The summed E-state index contributed by atoms with van der Waals surface area (Å²) in [6.45, 7) is 4.28. The molecule has 0 saturated carbocycles. The molecule has 1 aromatic heterocycles. The van der Waals surface area contributed by atoms with Gasteiger partial charge in [0.15, 0.2) is 0 Å². The van der Waals surface area contributed by atoms with Gasteiger partial charge in [-0.25, -0.2) is 0 Å². The maximum Gasteiger partial charge on any atom is 0.255 e. The second kappa shape index (κ2) is 5.68. The molecule has 2 aromatic carbocycles. The minimum absolute atomic E-state index is 0.126. The second-order valence-corrected chi connectivity index (χ2v) is 5.66. The van der Waals surface area contributed by atoms with Crippen LogP contribution in [-0.2, 0) is 0 Å². The molecule has 0 saturated heterocycles. The molecule has 0 bridgehead atoms. The number of furan rings is 1. The van der Waals surface area contributed by atoms with Gasteiger partial charge in [-0.3, -0.25) is 4.79 Å². The number of rotatable bonds is 3. The molecule has 1 N–H and O–H groups in total. The molecule has 0 spiro atoms. The Kier molecular flexibility index (Phi) is 3.72. The minimum Gasteiger partial charge on any atom is -0.455 e. The van der Waals surface area contributed by atoms with E-state index in [2.05, 4.69) is 31.3 Å². The smallest absolute Gasteiger partial charge is 0.255 e. The summed E-state index contributed by atoms with van der Waals surface area (Å²) in [7, 11) is 1.64. The summed E-state index contributed by atoms with van der Waals surface area (Å²) in [6, 6.07) is 15.8. The lowest BCUT2D eigenvalue weighted by Gasteiger charge is -2.05. The lowest BCUT2D eigenvalue weighted by atomic mass is 9.99. The molecule has 22 heavy (non-hydrogen) atoms. The molecule has 0 aliphatic rings. The Balaban J connectivity index is 2.30. The summed E-state index contributed by atoms with van der Waals surface area (Å²) < 4.78 is 5.98. The molecule has 0 unspecified atom stereocenters.